The van der Waals surface area contributed by atoms with Gasteiger partial charge in [-0.15, -0.1) is 0 Å². The van der Waals surface area contributed by atoms with E-state index < -0.39 is 41.7 Å². The predicted molar refractivity (Wildman–Crippen MR) is 158 cm³/mol. The van der Waals surface area contributed by atoms with Crippen LogP contribution in [0.3, 0.4) is 0 Å². The highest BCUT2D eigenvalue weighted by Gasteiger charge is 2.65. The maximum absolute atomic E-state index is 15.8. The standard InChI is InChI=1S/C32H31ClNO5P/c1-31(2,3)39-30(37)34-27-18-17-23(33)21-26(27)32(29(34)36)22(19-20-35)11-10-16-28(32)40(38,24-12-6-4-7-13-24)25-14-8-5-9-15-25/h4-15,17-18,20-22,28H,16,19H2,1-3H3/t22-,28+,32-/m1/s1. The first-order chi connectivity index (χ1) is 19.0. The minimum Gasteiger partial charge on any atom is -0.443 e. The van der Waals surface area contributed by atoms with Gasteiger partial charge >= 0.3 is 6.09 Å². The van der Waals surface area contributed by atoms with Gasteiger partial charge in [-0.05, 0) is 51.0 Å². The summed E-state index contributed by atoms with van der Waals surface area (Å²) in [6, 6.07) is 23.2. The molecule has 0 aromatic heterocycles. The van der Waals surface area contributed by atoms with Gasteiger partial charge in [-0.25, -0.2) is 9.69 Å². The number of hydrogen-bond acceptors (Lipinski definition) is 5. The molecule has 0 saturated carbocycles. The molecule has 0 unspecified atom stereocenters. The van der Waals surface area contributed by atoms with Gasteiger partial charge in [0.05, 0.1) is 11.1 Å². The Morgan fingerprint density at radius 2 is 1.65 bits per heavy atom. The predicted octanol–water partition coefficient (Wildman–Crippen LogP) is 6.41. The molecule has 206 valence electrons. The summed E-state index contributed by atoms with van der Waals surface area (Å²) in [5.41, 5.74) is -2.39. The number of carbonyl (C=O) groups is 3. The summed E-state index contributed by atoms with van der Waals surface area (Å²) >= 11 is 6.53. The van der Waals surface area contributed by atoms with Gasteiger partial charge in [0.15, 0.2) is 0 Å². The summed E-state index contributed by atoms with van der Waals surface area (Å²) in [7, 11) is -3.59. The van der Waals surface area contributed by atoms with E-state index in [4.69, 9.17) is 16.3 Å². The number of halogens is 1. The van der Waals surface area contributed by atoms with Crippen LogP contribution in [0.25, 0.3) is 0 Å². The number of amides is 2. The van der Waals surface area contributed by atoms with E-state index in [2.05, 4.69) is 0 Å². The lowest BCUT2D eigenvalue weighted by molar-refractivity contribution is -0.125. The number of rotatable bonds is 5. The largest absolute Gasteiger partial charge is 0.443 e. The highest BCUT2D eigenvalue weighted by molar-refractivity contribution is 7.79. The van der Waals surface area contributed by atoms with Crippen LogP contribution in [0, 0.1) is 5.92 Å². The number of imide groups is 1. The van der Waals surface area contributed by atoms with Crippen LogP contribution in [0.15, 0.2) is 91.0 Å². The van der Waals surface area contributed by atoms with Gasteiger partial charge in [-0.2, -0.15) is 0 Å². The molecule has 0 bridgehead atoms. The van der Waals surface area contributed by atoms with Crippen LogP contribution in [0.5, 0.6) is 0 Å². The Morgan fingerprint density at radius 3 is 2.20 bits per heavy atom. The van der Waals surface area contributed by atoms with E-state index in [-0.39, 0.29) is 12.8 Å². The molecule has 3 aromatic carbocycles. The Hall–Kier alpha value is -3.47. The second-order valence-electron chi connectivity index (χ2n) is 11.2. The topological polar surface area (TPSA) is 80.8 Å². The second kappa shape index (κ2) is 10.5. The van der Waals surface area contributed by atoms with E-state index in [0.29, 0.717) is 26.9 Å². The van der Waals surface area contributed by atoms with E-state index in [0.717, 1.165) is 11.2 Å². The molecule has 0 radical (unpaired) electrons. The van der Waals surface area contributed by atoms with Crippen molar-refractivity contribution in [3.8, 4) is 0 Å². The lowest BCUT2D eigenvalue weighted by atomic mass is 9.64. The number of aldehydes is 1. The molecular weight excluding hydrogens is 545 g/mol. The molecule has 2 aliphatic rings. The molecule has 3 atom stereocenters. The zero-order valence-corrected chi connectivity index (χ0v) is 24.3. The van der Waals surface area contributed by atoms with Crippen LogP contribution in [0.4, 0.5) is 10.5 Å². The lowest BCUT2D eigenvalue weighted by Crippen LogP contribution is -2.57. The molecule has 1 aliphatic heterocycles. The quantitative estimate of drug-likeness (QED) is 0.200. The third kappa shape index (κ3) is 4.44. The van der Waals surface area contributed by atoms with E-state index >= 15 is 4.57 Å². The molecule has 1 aliphatic carbocycles. The van der Waals surface area contributed by atoms with Crippen LogP contribution in [-0.4, -0.2) is 29.5 Å². The zero-order valence-electron chi connectivity index (χ0n) is 22.6. The minimum atomic E-state index is -3.59. The van der Waals surface area contributed by atoms with Crippen molar-refractivity contribution in [1.82, 2.24) is 0 Å². The van der Waals surface area contributed by atoms with Crippen LogP contribution in [0.1, 0.15) is 39.2 Å². The molecule has 5 rings (SSSR count). The highest BCUT2D eigenvalue weighted by Crippen LogP contribution is 2.65. The maximum atomic E-state index is 15.8. The molecule has 6 nitrogen and oxygen atoms in total. The third-order valence-electron chi connectivity index (χ3n) is 7.69. The average molecular weight is 576 g/mol. The number of carbonyl (C=O) groups excluding carboxylic acids is 3. The summed E-state index contributed by atoms with van der Waals surface area (Å²) in [4.78, 5) is 41.6. The number of anilines is 1. The van der Waals surface area contributed by atoms with Gasteiger partial charge in [-0.3, -0.25) is 4.79 Å². The van der Waals surface area contributed by atoms with Gasteiger partial charge in [0.2, 0.25) is 5.91 Å². The van der Waals surface area contributed by atoms with Gasteiger partial charge in [0.1, 0.15) is 19.0 Å². The molecule has 8 heteroatoms. The first-order valence-corrected chi connectivity index (χ1v) is 15.4. The van der Waals surface area contributed by atoms with Crippen molar-refractivity contribution < 1.29 is 23.7 Å². The van der Waals surface area contributed by atoms with Gasteiger partial charge in [0, 0.05) is 33.6 Å². The van der Waals surface area contributed by atoms with Crippen molar-refractivity contribution in [2.24, 2.45) is 5.92 Å². The fraction of sp³-hybridized carbons (Fsp3) is 0.281. The fourth-order valence-corrected chi connectivity index (χ4v) is 10.0. The summed E-state index contributed by atoms with van der Waals surface area (Å²) in [5.74, 6) is -1.23. The number of benzene rings is 3. The molecular formula is C32H31ClNO5P. The smallest absolute Gasteiger partial charge is 0.421 e. The lowest BCUT2D eigenvalue weighted by Gasteiger charge is -2.46. The van der Waals surface area contributed by atoms with Crippen molar-refractivity contribution in [1.29, 1.82) is 0 Å². The van der Waals surface area contributed by atoms with E-state index in [1.54, 1.807) is 39.0 Å². The van der Waals surface area contributed by atoms with Crippen LogP contribution >= 0.6 is 18.7 Å². The van der Waals surface area contributed by atoms with Crippen LogP contribution < -0.4 is 15.5 Å². The van der Waals surface area contributed by atoms with Crippen molar-refractivity contribution >= 4 is 53.3 Å². The Balaban J connectivity index is 1.85. The van der Waals surface area contributed by atoms with E-state index in [1.165, 1.54) is 0 Å². The highest BCUT2D eigenvalue weighted by atomic mass is 35.5. The molecule has 0 fully saturated rings. The van der Waals surface area contributed by atoms with Crippen LogP contribution in [-0.2, 0) is 24.3 Å². The summed E-state index contributed by atoms with van der Waals surface area (Å²) in [6.07, 6.45) is 3.96. The number of fused-ring (bicyclic) bond motifs is 2. The summed E-state index contributed by atoms with van der Waals surface area (Å²) < 4.78 is 21.5. The number of hydrogen-bond donors (Lipinski definition) is 0. The molecule has 3 aromatic rings. The zero-order chi connectivity index (χ0) is 28.7. The molecule has 1 heterocycles. The van der Waals surface area contributed by atoms with Crippen molar-refractivity contribution in [3.63, 3.8) is 0 Å². The van der Waals surface area contributed by atoms with E-state index in [1.807, 2.05) is 72.8 Å². The number of nitrogens with zero attached hydrogens (tertiary/aromatic N) is 1. The molecule has 1 spiro atoms. The molecule has 0 N–H and O–H groups in total. The van der Waals surface area contributed by atoms with E-state index in [9.17, 15) is 14.4 Å². The van der Waals surface area contributed by atoms with Gasteiger partial charge in [0.25, 0.3) is 0 Å². The molecule has 0 saturated heterocycles. The first-order valence-electron chi connectivity index (χ1n) is 13.2. The number of allylic oxidation sites excluding steroid dienone is 2. The number of ether oxygens (including phenoxy) is 1. The van der Waals surface area contributed by atoms with Crippen LogP contribution in [0.2, 0.25) is 5.02 Å². The van der Waals surface area contributed by atoms with Crippen molar-refractivity contribution in [2.75, 3.05) is 4.90 Å². The summed E-state index contributed by atoms with van der Waals surface area (Å²) in [5, 5.41) is 1.56. The molecule has 40 heavy (non-hydrogen) atoms. The average Bonchev–Trinajstić information content (AvgIpc) is 3.17. The second-order valence-corrected chi connectivity index (χ2v) is 14.6. The normalized spacial score (nSPS) is 22.3. The Bertz CT molecular complexity index is 1490. The first kappa shape index (κ1) is 28.1. The Labute approximate surface area is 239 Å². The maximum Gasteiger partial charge on any atom is 0.421 e. The van der Waals surface area contributed by atoms with Gasteiger partial charge < -0.3 is 14.1 Å². The monoisotopic (exact) mass is 575 g/mol. The van der Waals surface area contributed by atoms with Crippen molar-refractivity contribution in [3.05, 3.63) is 102 Å². The van der Waals surface area contributed by atoms with Crippen molar-refractivity contribution in [2.45, 2.75) is 50.3 Å². The molecule has 2 amide bonds. The Kier molecular flexibility index (Phi) is 7.37. The third-order valence-corrected chi connectivity index (χ3v) is 11.5. The van der Waals surface area contributed by atoms with Gasteiger partial charge in [-0.1, -0.05) is 84.4 Å². The minimum absolute atomic E-state index is 0.00354. The Morgan fingerprint density at radius 1 is 1.05 bits per heavy atom. The fourth-order valence-electron chi connectivity index (χ4n) is 6.18. The SMILES string of the molecule is CC(C)(C)OC(=O)N1C(=O)[C@@]2(c3cc(Cl)ccc31)[C@@H](CC=O)C=CC[C@@H]2P(=O)(c1ccccc1)c1ccccc1. The summed E-state index contributed by atoms with van der Waals surface area (Å²) in [6.45, 7) is 5.18.